The van der Waals surface area contributed by atoms with Gasteiger partial charge in [0.2, 0.25) is 0 Å². The predicted molar refractivity (Wildman–Crippen MR) is 69.3 cm³/mol. The molecule has 3 nitrogen and oxygen atoms in total. The van der Waals surface area contributed by atoms with Gasteiger partial charge in [0, 0.05) is 12.5 Å². The van der Waals surface area contributed by atoms with Gasteiger partial charge < -0.3 is 15.2 Å². The minimum Gasteiger partial charge on any atom is -0.497 e. The maximum atomic E-state index is 5.81. The van der Waals surface area contributed by atoms with Crippen LogP contribution in [0.3, 0.4) is 0 Å². The molecule has 0 heterocycles. The van der Waals surface area contributed by atoms with Crippen LogP contribution < -0.4 is 15.2 Å². The predicted octanol–water partition coefficient (Wildman–Crippen LogP) is 1.99. The Kier molecular flexibility index (Phi) is 5.38. The molecule has 1 unspecified atom stereocenters. The van der Waals surface area contributed by atoms with E-state index in [4.69, 9.17) is 21.6 Å². The van der Waals surface area contributed by atoms with Crippen LogP contribution in [-0.2, 0) is 6.42 Å². The van der Waals surface area contributed by atoms with Crippen LogP contribution in [0.5, 0.6) is 11.5 Å². The third-order valence-electron chi connectivity index (χ3n) is 2.31. The van der Waals surface area contributed by atoms with Crippen LogP contribution in [0.4, 0.5) is 0 Å². The second-order valence-corrected chi connectivity index (χ2v) is 3.96. The molecule has 0 saturated carbocycles. The molecule has 0 saturated heterocycles. The van der Waals surface area contributed by atoms with E-state index in [1.54, 1.807) is 7.11 Å². The van der Waals surface area contributed by atoms with Crippen molar-refractivity contribution in [3.05, 3.63) is 23.8 Å². The van der Waals surface area contributed by atoms with Crippen molar-refractivity contribution in [1.29, 1.82) is 0 Å². The Labute approximate surface area is 103 Å². The standard InChI is InChI=1S/C14H19NO2/c1-4-5-8-17-14-7-6-13(16-3)10-12(14)9-11(2)15/h1,6-7,10-11H,5,8-9,15H2,2-3H3. The number of methoxy groups -OCH3 is 1. The smallest absolute Gasteiger partial charge is 0.122 e. The van der Waals surface area contributed by atoms with E-state index in [0.29, 0.717) is 13.0 Å². The molecule has 1 aromatic carbocycles. The summed E-state index contributed by atoms with van der Waals surface area (Å²) in [4.78, 5) is 0. The third-order valence-corrected chi connectivity index (χ3v) is 2.31. The van der Waals surface area contributed by atoms with E-state index in [9.17, 15) is 0 Å². The maximum Gasteiger partial charge on any atom is 0.122 e. The molecule has 0 fully saturated rings. The average molecular weight is 233 g/mol. The van der Waals surface area contributed by atoms with E-state index < -0.39 is 0 Å². The topological polar surface area (TPSA) is 44.5 Å². The highest BCUT2D eigenvalue weighted by molar-refractivity contribution is 5.40. The maximum absolute atomic E-state index is 5.81. The number of hydrogen-bond donors (Lipinski definition) is 1. The van der Waals surface area contributed by atoms with Crippen LogP contribution in [0.15, 0.2) is 18.2 Å². The van der Waals surface area contributed by atoms with Gasteiger partial charge in [0.05, 0.1) is 13.7 Å². The second kappa shape index (κ2) is 6.82. The lowest BCUT2D eigenvalue weighted by Gasteiger charge is -2.13. The van der Waals surface area contributed by atoms with Crippen molar-refractivity contribution in [1.82, 2.24) is 0 Å². The second-order valence-electron chi connectivity index (χ2n) is 3.96. The summed E-state index contributed by atoms with van der Waals surface area (Å²) >= 11 is 0. The Hall–Kier alpha value is -1.66. The molecule has 0 aliphatic heterocycles. The summed E-state index contributed by atoms with van der Waals surface area (Å²) in [5.41, 5.74) is 6.86. The molecule has 0 amide bonds. The monoisotopic (exact) mass is 233 g/mol. The van der Waals surface area contributed by atoms with Crippen molar-refractivity contribution in [3.8, 4) is 23.8 Å². The van der Waals surface area contributed by atoms with E-state index in [-0.39, 0.29) is 6.04 Å². The van der Waals surface area contributed by atoms with Crippen molar-refractivity contribution in [2.24, 2.45) is 5.73 Å². The molecule has 0 radical (unpaired) electrons. The third kappa shape index (κ3) is 4.38. The summed E-state index contributed by atoms with van der Waals surface area (Å²) < 4.78 is 10.8. The van der Waals surface area contributed by atoms with Gasteiger partial charge in [0.15, 0.2) is 0 Å². The quantitative estimate of drug-likeness (QED) is 0.603. The van der Waals surface area contributed by atoms with E-state index in [0.717, 1.165) is 23.5 Å². The van der Waals surface area contributed by atoms with Crippen LogP contribution in [0, 0.1) is 12.3 Å². The minimum absolute atomic E-state index is 0.0806. The summed E-state index contributed by atoms with van der Waals surface area (Å²) in [7, 11) is 1.64. The van der Waals surface area contributed by atoms with Crippen LogP contribution >= 0.6 is 0 Å². The van der Waals surface area contributed by atoms with Gasteiger partial charge >= 0.3 is 0 Å². The molecule has 2 N–H and O–H groups in total. The van der Waals surface area contributed by atoms with Crippen molar-refractivity contribution in [2.45, 2.75) is 25.8 Å². The van der Waals surface area contributed by atoms with Gasteiger partial charge in [-0.1, -0.05) is 0 Å². The zero-order valence-corrected chi connectivity index (χ0v) is 10.4. The Bertz CT molecular complexity index is 394. The van der Waals surface area contributed by atoms with Gasteiger partial charge in [-0.05, 0) is 37.1 Å². The van der Waals surface area contributed by atoms with Gasteiger partial charge in [0.25, 0.3) is 0 Å². The minimum atomic E-state index is 0.0806. The SMILES string of the molecule is C#CCCOc1ccc(OC)cc1CC(C)N. The molecule has 1 atom stereocenters. The first-order chi connectivity index (χ1) is 8.17. The lowest BCUT2D eigenvalue weighted by atomic mass is 10.1. The first kappa shape index (κ1) is 13.4. The van der Waals surface area contributed by atoms with Crippen LogP contribution in [-0.4, -0.2) is 19.8 Å². The van der Waals surface area contributed by atoms with Gasteiger partial charge in [-0.2, -0.15) is 0 Å². The van der Waals surface area contributed by atoms with Gasteiger partial charge in [-0.15, -0.1) is 12.3 Å². The molecule has 0 spiro atoms. The molecule has 0 aromatic heterocycles. The number of terminal acetylenes is 1. The fourth-order valence-corrected chi connectivity index (χ4v) is 1.55. The fourth-order valence-electron chi connectivity index (χ4n) is 1.55. The van der Waals surface area contributed by atoms with Crippen molar-refractivity contribution in [2.75, 3.05) is 13.7 Å². The van der Waals surface area contributed by atoms with Crippen LogP contribution in [0.2, 0.25) is 0 Å². The summed E-state index contributed by atoms with van der Waals surface area (Å²) in [5, 5.41) is 0. The van der Waals surface area contributed by atoms with Gasteiger partial charge in [-0.25, -0.2) is 0 Å². The summed E-state index contributed by atoms with van der Waals surface area (Å²) in [6, 6.07) is 5.80. The molecule has 0 aliphatic rings. The van der Waals surface area contributed by atoms with Gasteiger partial charge in [-0.3, -0.25) is 0 Å². The molecule has 17 heavy (non-hydrogen) atoms. The Morgan fingerprint density at radius 1 is 1.47 bits per heavy atom. The van der Waals surface area contributed by atoms with Gasteiger partial charge in [0.1, 0.15) is 11.5 Å². The van der Waals surface area contributed by atoms with E-state index >= 15 is 0 Å². The molecule has 1 aromatic rings. The number of nitrogens with two attached hydrogens (primary N) is 1. The van der Waals surface area contributed by atoms with Crippen molar-refractivity contribution >= 4 is 0 Å². The van der Waals surface area contributed by atoms with E-state index in [1.807, 2.05) is 25.1 Å². The van der Waals surface area contributed by atoms with Crippen molar-refractivity contribution in [3.63, 3.8) is 0 Å². The zero-order valence-electron chi connectivity index (χ0n) is 10.4. The fraction of sp³-hybridized carbons (Fsp3) is 0.429. The number of benzene rings is 1. The zero-order chi connectivity index (χ0) is 12.7. The molecule has 3 heteroatoms. The van der Waals surface area contributed by atoms with Crippen molar-refractivity contribution < 1.29 is 9.47 Å². The van der Waals surface area contributed by atoms with E-state index in [2.05, 4.69) is 5.92 Å². The number of ether oxygens (including phenoxy) is 2. The summed E-state index contributed by atoms with van der Waals surface area (Å²) in [5.74, 6) is 4.19. The lowest BCUT2D eigenvalue weighted by Crippen LogP contribution is -2.18. The molecule has 92 valence electrons. The largest absolute Gasteiger partial charge is 0.497 e. The highest BCUT2D eigenvalue weighted by Gasteiger charge is 2.07. The number of rotatable bonds is 6. The molecule has 0 bridgehead atoms. The molecule has 0 aliphatic carbocycles. The first-order valence-corrected chi connectivity index (χ1v) is 5.66. The normalized spacial score (nSPS) is 11.6. The first-order valence-electron chi connectivity index (χ1n) is 5.66. The summed E-state index contributed by atoms with van der Waals surface area (Å²) in [6.07, 6.45) is 6.54. The highest BCUT2D eigenvalue weighted by atomic mass is 16.5. The molecule has 1 rings (SSSR count). The molecular formula is C14H19NO2. The lowest BCUT2D eigenvalue weighted by molar-refractivity contribution is 0.322. The average Bonchev–Trinajstić information content (AvgIpc) is 2.30. The van der Waals surface area contributed by atoms with Crippen LogP contribution in [0.1, 0.15) is 18.9 Å². The highest BCUT2D eigenvalue weighted by Crippen LogP contribution is 2.25. The Balaban J connectivity index is 2.82. The van der Waals surface area contributed by atoms with Crippen LogP contribution in [0.25, 0.3) is 0 Å². The molecular weight excluding hydrogens is 214 g/mol. The van der Waals surface area contributed by atoms with E-state index in [1.165, 1.54) is 0 Å². The number of hydrogen-bond acceptors (Lipinski definition) is 3. The Morgan fingerprint density at radius 3 is 2.82 bits per heavy atom. The summed E-state index contributed by atoms with van der Waals surface area (Å²) in [6.45, 7) is 2.49. The Morgan fingerprint density at radius 2 is 2.24 bits per heavy atom.